The number of halogens is 1. The van der Waals surface area contributed by atoms with E-state index in [0.717, 1.165) is 43.4 Å². The monoisotopic (exact) mass is 403 g/mol. The van der Waals surface area contributed by atoms with Gasteiger partial charge in [-0.25, -0.2) is 4.39 Å². The second-order valence-corrected chi connectivity index (χ2v) is 7.52. The van der Waals surface area contributed by atoms with Crippen molar-refractivity contribution in [2.45, 2.75) is 13.8 Å². The maximum absolute atomic E-state index is 13.5. The van der Waals surface area contributed by atoms with Crippen molar-refractivity contribution in [3.63, 3.8) is 0 Å². The zero-order valence-corrected chi connectivity index (χ0v) is 17.3. The topological polar surface area (TPSA) is 37.8 Å². The number of pyridine rings is 2. The van der Waals surface area contributed by atoms with Crippen molar-refractivity contribution in [1.82, 2.24) is 15.3 Å². The Balaban J connectivity index is 1.90. The molecular formula is C24H22FN3S. The first-order valence-electron chi connectivity index (χ1n) is 9.05. The highest BCUT2D eigenvalue weighted by molar-refractivity contribution is 7.20. The highest BCUT2D eigenvalue weighted by Gasteiger charge is 2.12. The summed E-state index contributed by atoms with van der Waals surface area (Å²) in [5, 5.41) is 4.26. The van der Waals surface area contributed by atoms with Crippen molar-refractivity contribution in [3.05, 3.63) is 108 Å². The van der Waals surface area contributed by atoms with Crippen LogP contribution in [0.5, 0.6) is 0 Å². The number of rotatable bonds is 7. The van der Waals surface area contributed by atoms with Gasteiger partial charge in [0.15, 0.2) is 0 Å². The van der Waals surface area contributed by atoms with E-state index in [1.54, 1.807) is 29.8 Å². The lowest BCUT2D eigenvalue weighted by Crippen LogP contribution is -2.10. The lowest BCUT2D eigenvalue weighted by Gasteiger charge is -2.14. The maximum Gasteiger partial charge on any atom is 0.124 e. The van der Waals surface area contributed by atoms with Gasteiger partial charge in [0, 0.05) is 51.7 Å². The average molecular weight is 404 g/mol. The molecule has 3 aromatic heterocycles. The molecule has 0 aromatic carbocycles. The molecule has 0 radical (unpaired) electrons. The van der Waals surface area contributed by atoms with E-state index >= 15 is 0 Å². The summed E-state index contributed by atoms with van der Waals surface area (Å²) in [7, 11) is 0. The van der Waals surface area contributed by atoms with E-state index in [9.17, 15) is 4.39 Å². The molecule has 1 N–H and O–H groups in total. The number of aryl methyl sites for hydroxylation is 1. The van der Waals surface area contributed by atoms with Crippen molar-refractivity contribution in [2.24, 2.45) is 0 Å². The van der Waals surface area contributed by atoms with Gasteiger partial charge < -0.3 is 5.32 Å². The second-order valence-electron chi connectivity index (χ2n) is 6.44. The number of hydrogen-bond donors (Lipinski definition) is 1. The van der Waals surface area contributed by atoms with Crippen molar-refractivity contribution in [3.8, 4) is 0 Å². The van der Waals surface area contributed by atoms with Crippen molar-refractivity contribution in [1.29, 1.82) is 0 Å². The van der Waals surface area contributed by atoms with Crippen LogP contribution in [0.15, 0.2) is 86.3 Å². The third-order valence-electron chi connectivity index (χ3n) is 4.48. The fourth-order valence-corrected chi connectivity index (χ4v) is 3.83. The van der Waals surface area contributed by atoms with Gasteiger partial charge >= 0.3 is 0 Å². The third kappa shape index (κ3) is 4.58. The third-order valence-corrected chi connectivity index (χ3v) is 5.62. The number of fused-ring (bicyclic) bond motifs is 1. The molecule has 0 saturated heterocycles. The minimum Gasteiger partial charge on any atom is -0.356 e. The molecule has 5 heteroatoms. The number of aromatic nitrogens is 2. The van der Waals surface area contributed by atoms with E-state index < -0.39 is 5.83 Å². The molecule has 0 bridgehead atoms. The minimum absolute atomic E-state index is 0.422. The van der Waals surface area contributed by atoms with Gasteiger partial charge in [0.2, 0.25) is 0 Å². The normalized spacial score (nSPS) is 12.1. The fraction of sp³-hybridized carbons (Fsp3) is 0.0833. The maximum atomic E-state index is 13.5. The van der Waals surface area contributed by atoms with Gasteiger partial charge in [-0.2, -0.15) is 0 Å². The molecule has 29 heavy (non-hydrogen) atoms. The van der Waals surface area contributed by atoms with Gasteiger partial charge in [-0.05, 0) is 55.2 Å². The first-order chi connectivity index (χ1) is 13.9. The SMILES string of the molecule is C=C/C(F)=C\C(=C/C)NC(=C)c1cnc(C)c(C(=C)c2cc3ccncc3s2)c1. The van der Waals surface area contributed by atoms with Crippen molar-refractivity contribution >= 4 is 32.7 Å². The molecule has 3 rings (SSSR count). The highest BCUT2D eigenvalue weighted by Crippen LogP contribution is 2.34. The molecule has 0 spiro atoms. The predicted octanol–water partition coefficient (Wildman–Crippen LogP) is 6.56. The Kier molecular flexibility index (Phi) is 6.20. The molecule has 0 amide bonds. The predicted molar refractivity (Wildman–Crippen MR) is 122 cm³/mol. The fourth-order valence-electron chi connectivity index (χ4n) is 2.81. The van der Waals surface area contributed by atoms with E-state index in [1.165, 1.54) is 6.08 Å². The second kappa shape index (κ2) is 8.80. The van der Waals surface area contributed by atoms with Gasteiger partial charge in [0.1, 0.15) is 5.83 Å². The van der Waals surface area contributed by atoms with Crippen molar-refractivity contribution in [2.75, 3.05) is 0 Å². The summed E-state index contributed by atoms with van der Waals surface area (Å²) in [6, 6.07) is 6.11. The van der Waals surface area contributed by atoms with Crippen LogP contribution in [0.2, 0.25) is 0 Å². The Hall–Kier alpha value is -3.31. The molecule has 146 valence electrons. The molecule has 3 nitrogen and oxygen atoms in total. The standard InChI is InChI=1S/C24H22FN3S/c1-6-20(25)12-21(7-2)28-16(4)19-10-22(17(5)27-13-19)15(3)23-11-18-8-9-26-14-24(18)29-23/h6-14,28H,1,3-4H2,2,5H3/b20-12+,21-7+. The molecule has 0 aliphatic heterocycles. The Morgan fingerprint density at radius 1 is 1.24 bits per heavy atom. The lowest BCUT2D eigenvalue weighted by molar-refractivity contribution is 0.665. The molecule has 3 aromatic rings. The van der Waals surface area contributed by atoms with Crippen LogP contribution in [0.4, 0.5) is 4.39 Å². The Bertz CT molecular complexity index is 1130. The van der Waals surface area contributed by atoms with Crippen LogP contribution in [0.1, 0.15) is 28.6 Å². The van der Waals surface area contributed by atoms with Crippen molar-refractivity contribution < 1.29 is 4.39 Å². The van der Waals surface area contributed by atoms with Gasteiger partial charge in [-0.3, -0.25) is 9.97 Å². The number of nitrogens with one attached hydrogen (secondary N) is 1. The zero-order chi connectivity index (χ0) is 21.0. The van der Waals surface area contributed by atoms with E-state index in [-0.39, 0.29) is 0 Å². The summed E-state index contributed by atoms with van der Waals surface area (Å²) in [5.74, 6) is -0.422. The molecule has 0 unspecified atom stereocenters. The summed E-state index contributed by atoms with van der Waals surface area (Å²) in [4.78, 5) is 9.77. The summed E-state index contributed by atoms with van der Waals surface area (Å²) in [6.07, 6.45) is 9.68. The summed E-state index contributed by atoms with van der Waals surface area (Å²) in [6.45, 7) is 15.6. The summed E-state index contributed by atoms with van der Waals surface area (Å²) < 4.78 is 14.6. The molecule has 0 fully saturated rings. The van der Waals surface area contributed by atoms with Crippen LogP contribution >= 0.6 is 11.3 Å². The zero-order valence-electron chi connectivity index (χ0n) is 16.5. The number of allylic oxidation sites excluding steroid dienone is 4. The molecule has 0 aliphatic carbocycles. The molecule has 0 aliphatic rings. The largest absolute Gasteiger partial charge is 0.356 e. The number of hydrogen-bond acceptors (Lipinski definition) is 4. The number of nitrogens with zero attached hydrogens (tertiary/aromatic N) is 2. The van der Waals surface area contributed by atoms with E-state index in [4.69, 9.17) is 0 Å². The molecule has 0 atom stereocenters. The van der Waals surface area contributed by atoms with E-state index in [1.807, 2.05) is 32.2 Å². The van der Waals surface area contributed by atoms with E-state index in [0.29, 0.717) is 11.4 Å². The Morgan fingerprint density at radius 3 is 2.72 bits per heavy atom. The van der Waals surface area contributed by atoms with Gasteiger partial charge in [0.05, 0.1) is 4.70 Å². The first kappa shape index (κ1) is 20.4. The van der Waals surface area contributed by atoms with Crippen LogP contribution in [0.3, 0.4) is 0 Å². The Morgan fingerprint density at radius 2 is 2.03 bits per heavy atom. The van der Waals surface area contributed by atoms with Gasteiger partial charge in [0.25, 0.3) is 0 Å². The van der Waals surface area contributed by atoms with Crippen LogP contribution in [0.25, 0.3) is 21.4 Å². The average Bonchev–Trinajstić information content (AvgIpc) is 3.17. The lowest BCUT2D eigenvalue weighted by atomic mass is 10.0. The minimum atomic E-state index is -0.422. The summed E-state index contributed by atoms with van der Waals surface area (Å²) in [5.41, 5.74) is 4.74. The van der Waals surface area contributed by atoms with Crippen LogP contribution < -0.4 is 5.32 Å². The van der Waals surface area contributed by atoms with Crippen LogP contribution in [-0.2, 0) is 0 Å². The smallest absolute Gasteiger partial charge is 0.124 e. The first-order valence-corrected chi connectivity index (χ1v) is 9.86. The molecule has 3 heterocycles. The summed E-state index contributed by atoms with van der Waals surface area (Å²) >= 11 is 1.65. The van der Waals surface area contributed by atoms with Gasteiger partial charge in [-0.15, -0.1) is 11.3 Å². The highest BCUT2D eigenvalue weighted by atomic mass is 32.1. The van der Waals surface area contributed by atoms with E-state index in [2.05, 4.69) is 41.1 Å². The van der Waals surface area contributed by atoms with Crippen LogP contribution in [0, 0.1) is 6.92 Å². The molecular weight excluding hydrogens is 381 g/mol. The number of thiophene rings is 1. The Labute approximate surface area is 174 Å². The van der Waals surface area contributed by atoms with Crippen LogP contribution in [-0.4, -0.2) is 9.97 Å². The quantitative estimate of drug-likeness (QED) is 0.454. The van der Waals surface area contributed by atoms with Gasteiger partial charge in [-0.1, -0.05) is 25.8 Å². The molecule has 0 saturated carbocycles.